The molecule has 2 atom stereocenters. The van der Waals surface area contributed by atoms with Crippen LogP contribution in [0.15, 0.2) is 0 Å². The molecule has 1 aliphatic heterocycles. The maximum atomic E-state index is 11.7. The number of amides is 1. The molecule has 1 heterocycles. The van der Waals surface area contributed by atoms with Crippen LogP contribution in [-0.4, -0.2) is 35.5 Å². The van der Waals surface area contributed by atoms with Gasteiger partial charge >= 0.3 is 0 Å². The molecule has 1 saturated carbocycles. The molecule has 2 aliphatic rings. The van der Waals surface area contributed by atoms with Crippen LogP contribution in [0.3, 0.4) is 0 Å². The molecule has 3 nitrogen and oxygen atoms in total. The molecule has 0 spiro atoms. The lowest BCUT2D eigenvalue weighted by Crippen LogP contribution is -2.40. The quantitative estimate of drug-likeness (QED) is 0.772. The van der Waals surface area contributed by atoms with Crippen LogP contribution in [0.5, 0.6) is 0 Å². The van der Waals surface area contributed by atoms with Gasteiger partial charge in [0.2, 0.25) is 5.91 Å². The van der Waals surface area contributed by atoms with Crippen molar-refractivity contribution in [2.75, 3.05) is 6.54 Å². The fourth-order valence-electron chi connectivity index (χ4n) is 2.67. The number of rotatable bonds is 5. The predicted molar refractivity (Wildman–Crippen MR) is 65.2 cm³/mol. The molecular formula is C13H24N2O. The molecule has 92 valence electrons. The normalized spacial score (nSPS) is 27.9. The van der Waals surface area contributed by atoms with Gasteiger partial charge < -0.3 is 10.2 Å². The minimum absolute atomic E-state index is 0.311. The highest BCUT2D eigenvalue weighted by atomic mass is 16.2. The van der Waals surface area contributed by atoms with E-state index in [-0.39, 0.29) is 0 Å². The molecule has 0 aromatic carbocycles. The first-order valence-corrected chi connectivity index (χ1v) is 6.61. The van der Waals surface area contributed by atoms with E-state index >= 15 is 0 Å². The number of hydrogen-bond acceptors (Lipinski definition) is 2. The fraction of sp³-hybridized carbons (Fsp3) is 0.923. The Bertz CT molecular complexity index is 261. The molecule has 1 aliphatic carbocycles. The Hall–Kier alpha value is -0.570. The van der Waals surface area contributed by atoms with Crippen molar-refractivity contribution in [3.05, 3.63) is 0 Å². The summed E-state index contributed by atoms with van der Waals surface area (Å²) >= 11 is 0. The van der Waals surface area contributed by atoms with Crippen LogP contribution in [0.1, 0.15) is 46.5 Å². The highest BCUT2D eigenvalue weighted by Gasteiger charge is 2.32. The van der Waals surface area contributed by atoms with Crippen LogP contribution in [-0.2, 0) is 4.79 Å². The SMILES string of the molecule is CC(CC1CC1)NC1CC(=O)N(C(C)C)C1. The summed E-state index contributed by atoms with van der Waals surface area (Å²) in [4.78, 5) is 13.7. The van der Waals surface area contributed by atoms with Gasteiger partial charge in [0, 0.05) is 31.1 Å². The summed E-state index contributed by atoms with van der Waals surface area (Å²) in [5.74, 6) is 1.27. The third-order valence-electron chi connectivity index (χ3n) is 3.69. The van der Waals surface area contributed by atoms with Gasteiger partial charge in [-0.15, -0.1) is 0 Å². The van der Waals surface area contributed by atoms with E-state index in [1.165, 1.54) is 19.3 Å². The molecule has 1 amide bonds. The number of carbonyl (C=O) groups excluding carboxylic acids is 1. The Morgan fingerprint density at radius 3 is 2.56 bits per heavy atom. The first kappa shape index (κ1) is 11.9. The standard InChI is InChI=1S/C13H24N2O/c1-9(2)15-8-12(7-13(15)16)14-10(3)6-11-4-5-11/h9-12,14H,4-8H2,1-3H3. The van der Waals surface area contributed by atoms with Gasteiger partial charge in [0.25, 0.3) is 0 Å². The highest BCUT2D eigenvalue weighted by molar-refractivity contribution is 5.79. The van der Waals surface area contributed by atoms with E-state index < -0.39 is 0 Å². The van der Waals surface area contributed by atoms with Crippen molar-refractivity contribution in [2.24, 2.45) is 5.92 Å². The molecule has 0 radical (unpaired) electrons. The smallest absolute Gasteiger partial charge is 0.224 e. The number of likely N-dealkylation sites (tertiary alicyclic amines) is 1. The minimum atomic E-state index is 0.311. The summed E-state index contributed by atoms with van der Waals surface area (Å²) in [5, 5.41) is 3.60. The first-order chi connectivity index (χ1) is 7.56. The lowest BCUT2D eigenvalue weighted by Gasteiger charge is -2.22. The van der Waals surface area contributed by atoms with Gasteiger partial charge in [0.1, 0.15) is 0 Å². The minimum Gasteiger partial charge on any atom is -0.339 e. The van der Waals surface area contributed by atoms with E-state index in [4.69, 9.17) is 0 Å². The van der Waals surface area contributed by atoms with Crippen molar-refractivity contribution in [3.63, 3.8) is 0 Å². The number of nitrogens with one attached hydrogen (secondary N) is 1. The van der Waals surface area contributed by atoms with Crippen LogP contribution in [0, 0.1) is 5.92 Å². The Balaban J connectivity index is 1.76. The average Bonchev–Trinajstić information content (AvgIpc) is 2.89. The third kappa shape index (κ3) is 2.97. The van der Waals surface area contributed by atoms with E-state index in [9.17, 15) is 4.79 Å². The number of hydrogen-bond donors (Lipinski definition) is 1. The first-order valence-electron chi connectivity index (χ1n) is 6.61. The second-order valence-corrected chi connectivity index (χ2v) is 5.79. The lowest BCUT2D eigenvalue weighted by molar-refractivity contribution is -0.129. The molecule has 1 saturated heterocycles. The largest absolute Gasteiger partial charge is 0.339 e. The zero-order chi connectivity index (χ0) is 11.7. The maximum absolute atomic E-state index is 11.7. The van der Waals surface area contributed by atoms with Crippen LogP contribution in [0.2, 0.25) is 0 Å². The molecule has 1 N–H and O–H groups in total. The maximum Gasteiger partial charge on any atom is 0.224 e. The summed E-state index contributed by atoms with van der Waals surface area (Å²) in [6.45, 7) is 7.33. The van der Waals surface area contributed by atoms with Crippen molar-refractivity contribution in [2.45, 2.75) is 64.6 Å². The monoisotopic (exact) mass is 224 g/mol. The molecular weight excluding hydrogens is 200 g/mol. The van der Waals surface area contributed by atoms with Crippen molar-refractivity contribution in [1.29, 1.82) is 0 Å². The average molecular weight is 224 g/mol. The molecule has 3 heteroatoms. The molecule has 2 unspecified atom stereocenters. The van der Waals surface area contributed by atoms with Crippen LogP contribution >= 0.6 is 0 Å². The summed E-state index contributed by atoms with van der Waals surface area (Å²) in [7, 11) is 0. The van der Waals surface area contributed by atoms with Gasteiger partial charge in [-0.3, -0.25) is 4.79 Å². The summed E-state index contributed by atoms with van der Waals surface area (Å²) in [6.07, 6.45) is 4.79. The third-order valence-corrected chi connectivity index (χ3v) is 3.69. The molecule has 2 rings (SSSR count). The zero-order valence-corrected chi connectivity index (χ0v) is 10.7. The van der Waals surface area contributed by atoms with Gasteiger partial charge in [-0.2, -0.15) is 0 Å². The molecule has 0 aromatic rings. The van der Waals surface area contributed by atoms with Gasteiger partial charge in [-0.25, -0.2) is 0 Å². The van der Waals surface area contributed by atoms with E-state index in [2.05, 4.69) is 26.1 Å². The topological polar surface area (TPSA) is 32.3 Å². The van der Waals surface area contributed by atoms with Crippen molar-refractivity contribution in [3.8, 4) is 0 Å². The Kier molecular flexibility index (Phi) is 3.53. The van der Waals surface area contributed by atoms with E-state index in [1.54, 1.807) is 0 Å². The Labute approximate surface area is 98.6 Å². The van der Waals surface area contributed by atoms with Gasteiger partial charge in [0.05, 0.1) is 0 Å². The Morgan fingerprint density at radius 2 is 2.06 bits per heavy atom. The molecule has 0 aromatic heterocycles. The van der Waals surface area contributed by atoms with E-state index in [1.807, 2.05) is 4.90 Å². The van der Waals surface area contributed by atoms with Crippen LogP contribution < -0.4 is 5.32 Å². The van der Waals surface area contributed by atoms with Crippen molar-refractivity contribution in [1.82, 2.24) is 10.2 Å². The highest BCUT2D eigenvalue weighted by Crippen LogP contribution is 2.33. The predicted octanol–water partition coefficient (Wildman–Crippen LogP) is 1.77. The lowest BCUT2D eigenvalue weighted by atomic mass is 10.1. The van der Waals surface area contributed by atoms with E-state index in [0.717, 1.165) is 12.5 Å². The second kappa shape index (κ2) is 4.74. The molecule has 0 bridgehead atoms. The second-order valence-electron chi connectivity index (χ2n) is 5.79. The fourth-order valence-corrected chi connectivity index (χ4v) is 2.67. The summed E-state index contributed by atoms with van der Waals surface area (Å²) in [6, 6.07) is 1.29. The Morgan fingerprint density at radius 1 is 1.38 bits per heavy atom. The summed E-state index contributed by atoms with van der Waals surface area (Å²) in [5.41, 5.74) is 0. The number of carbonyl (C=O) groups is 1. The van der Waals surface area contributed by atoms with Crippen LogP contribution in [0.25, 0.3) is 0 Å². The van der Waals surface area contributed by atoms with Crippen molar-refractivity contribution < 1.29 is 4.79 Å². The van der Waals surface area contributed by atoms with Gasteiger partial charge in [0.15, 0.2) is 0 Å². The van der Waals surface area contributed by atoms with Gasteiger partial charge in [-0.1, -0.05) is 12.8 Å². The number of nitrogens with zero attached hydrogens (tertiary/aromatic N) is 1. The van der Waals surface area contributed by atoms with E-state index in [0.29, 0.717) is 30.5 Å². The zero-order valence-electron chi connectivity index (χ0n) is 10.7. The van der Waals surface area contributed by atoms with Crippen molar-refractivity contribution >= 4 is 5.91 Å². The summed E-state index contributed by atoms with van der Waals surface area (Å²) < 4.78 is 0. The van der Waals surface area contributed by atoms with Crippen LogP contribution in [0.4, 0.5) is 0 Å². The molecule has 2 fully saturated rings. The molecule has 16 heavy (non-hydrogen) atoms. The van der Waals surface area contributed by atoms with Gasteiger partial charge in [-0.05, 0) is 33.1 Å².